The first kappa shape index (κ1) is 20.8. The Balaban J connectivity index is 1.59. The number of amides is 2. The molecule has 4 rings (SSSR count). The molecule has 0 bridgehead atoms. The van der Waals surface area contributed by atoms with Crippen molar-refractivity contribution in [2.45, 2.75) is 50.0 Å². The molecule has 158 valence electrons. The van der Waals surface area contributed by atoms with Gasteiger partial charge in [-0.3, -0.25) is 14.9 Å². The van der Waals surface area contributed by atoms with Crippen LogP contribution in [0.4, 0.5) is 18.0 Å². The fourth-order valence-corrected chi connectivity index (χ4v) is 5.04. The Morgan fingerprint density at radius 2 is 1.90 bits per heavy atom. The number of carbonyl (C=O) groups excluding carboxylic acids is 2. The second-order valence-electron chi connectivity index (χ2n) is 7.83. The van der Waals surface area contributed by atoms with Gasteiger partial charge in [0.2, 0.25) is 5.91 Å². The van der Waals surface area contributed by atoms with E-state index in [-0.39, 0.29) is 23.0 Å². The van der Waals surface area contributed by atoms with Gasteiger partial charge < -0.3 is 4.74 Å². The van der Waals surface area contributed by atoms with Gasteiger partial charge >= 0.3 is 6.18 Å². The average Bonchev–Trinajstić information content (AvgIpc) is 3.22. The molecule has 0 aromatic heterocycles. The minimum atomic E-state index is -4.41. The van der Waals surface area contributed by atoms with Gasteiger partial charge in [0.05, 0.1) is 5.56 Å². The Morgan fingerprint density at radius 1 is 1.13 bits per heavy atom. The smallest absolute Gasteiger partial charge is 0.416 e. The maximum absolute atomic E-state index is 13.1. The lowest BCUT2D eigenvalue weighted by atomic mass is 9.97. The Morgan fingerprint density at radius 3 is 2.53 bits per heavy atom. The number of benzene rings is 2. The van der Waals surface area contributed by atoms with E-state index in [2.05, 4.69) is 5.32 Å². The molecule has 2 aromatic rings. The van der Waals surface area contributed by atoms with E-state index in [1.54, 1.807) is 6.07 Å². The number of imide groups is 1. The molecule has 2 amide bonds. The zero-order chi connectivity index (χ0) is 21.6. The fraction of sp³-hybridized carbons (Fsp3) is 0.364. The number of alkyl halides is 3. The highest BCUT2D eigenvalue weighted by Gasteiger charge is 2.41. The summed E-state index contributed by atoms with van der Waals surface area (Å²) in [5, 5.41) is 1.59. The van der Waals surface area contributed by atoms with Gasteiger partial charge in [-0.15, -0.1) is 0 Å². The molecule has 1 fully saturated rings. The molecule has 0 spiro atoms. The third kappa shape index (κ3) is 3.93. The van der Waals surface area contributed by atoms with Crippen LogP contribution in [0.5, 0.6) is 11.5 Å². The maximum atomic E-state index is 13.1. The molecule has 1 aliphatic carbocycles. The van der Waals surface area contributed by atoms with Crippen LogP contribution < -0.4 is 10.1 Å². The predicted octanol–water partition coefficient (Wildman–Crippen LogP) is 6.00. The highest BCUT2D eigenvalue weighted by Crippen LogP contribution is 2.44. The molecule has 1 unspecified atom stereocenters. The minimum absolute atomic E-state index is 0.0391. The van der Waals surface area contributed by atoms with Gasteiger partial charge in [0.15, 0.2) is 0 Å². The standard InChI is InChI=1S/C22H20F3NO3S/c1-11(2)17-10-13(22(23,24)25)4-8-18(17)29-14-5-7-15-12(9-14)3-6-16(15)19-20(27)26-21(28)30-19/h4-5,7-11,16,19H,3,6H2,1-2H3,(H,26,27,28)/t16-,19?/m1/s1. The Kier molecular flexibility index (Phi) is 5.30. The van der Waals surface area contributed by atoms with E-state index in [4.69, 9.17) is 4.74 Å². The van der Waals surface area contributed by atoms with Crippen LogP contribution in [0.25, 0.3) is 0 Å². The fourth-order valence-electron chi connectivity index (χ4n) is 4.04. The quantitative estimate of drug-likeness (QED) is 0.640. The topological polar surface area (TPSA) is 55.4 Å². The van der Waals surface area contributed by atoms with Gasteiger partial charge in [-0.1, -0.05) is 31.7 Å². The molecule has 30 heavy (non-hydrogen) atoms. The lowest BCUT2D eigenvalue weighted by Gasteiger charge is -2.18. The van der Waals surface area contributed by atoms with Crippen LogP contribution >= 0.6 is 11.8 Å². The van der Waals surface area contributed by atoms with E-state index in [9.17, 15) is 22.8 Å². The van der Waals surface area contributed by atoms with Crippen molar-refractivity contribution in [2.75, 3.05) is 0 Å². The van der Waals surface area contributed by atoms with Crippen LogP contribution in [0.15, 0.2) is 36.4 Å². The maximum Gasteiger partial charge on any atom is 0.416 e. The Bertz CT molecular complexity index is 1020. The van der Waals surface area contributed by atoms with Crippen molar-refractivity contribution in [3.63, 3.8) is 0 Å². The largest absolute Gasteiger partial charge is 0.457 e. The number of halogens is 3. The van der Waals surface area contributed by atoms with Gasteiger partial charge in [0.1, 0.15) is 16.7 Å². The highest BCUT2D eigenvalue weighted by molar-refractivity contribution is 8.15. The zero-order valence-electron chi connectivity index (χ0n) is 16.4. The summed E-state index contributed by atoms with van der Waals surface area (Å²) in [5.41, 5.74) is 1.84. The summed E-state index contributed by atoms with van der Waals surface area (Å²) >= 11 is 1.03. The third-order valence-corrected chi connectivity index (χ3v) is 6.62. The highest BCUT2D eigenvalue weighted by atomic mass is 32.2. The summed E-state index contributed by atoms with van der Waals surface area (Å²) in [6, 6.07) is 9.04. The first-order chi connectivity index (χ1) is 14.1. The normalized spacial score (nSPS) is 21.1. The molecule has 1 saturated heterocycles. The molecule has 1 heterocycles. The predicted molar refractivity (Wildman–Crippen MR) is 108 cm³/mol. The van der Waals surface area contributed by atoms with E-state index in [0.29, 0.717) is 17.1 Å². The molecule has 8 heteroatoms. The van der Waals surface area contributed by atoms with Crippen LogP contribution in [0.3, 0.4) is 0 Å². The third-order valence-electron chi connectivity index (χ3n) is 5.51. The van der Waals surface area contributed by atoms with Gasteiger partial charge in [-0.2, -0.15) is 13.2 Å². The van der Waals surface area contributed by atoms with E-state index in [1.165, 1.54) is 6.07 Å². The lowest BCUT2D eigenvalue weighted by Crippen LogP contribution is -2.27. The number of nitrogens with one attached hydrogen (secondary N) is 1. The van der Waals surface area contributed by atoms with E-state index >= 15 is 0 Å². The number of thioether (sulfide) groups is 1. The number of fused-ring (bicyclic) bond motifs is 1. The molecule has 2 aromatic carbocycles. The number of ether oxygens (including phenoxy) is 1. The van der Waals surface area contributed by atoms with Gasteiger partial charge in [0.25, 0.3) is 5.24 Å². The number of hydrogen-bond donors (Lipinski definition) is 1. The number of hydrogen-bond acceptors (Lipinski definition) is 4. The summed E-state index contributed by atoms with van der Waals surface area (Å²) in [4.78, 5) is 23.5. The SMILES string of the molecule is CC(C)c1cc(C(F)(F)F)ccc1Oc1ccc2c(c1)CC[C@H]2C1SC(=O)NC1=O. The molecular formula is C22H20F3NO3S. The van der Waals surface area contributed by atoms with E-state index < -0.39 is 17.0 Å². The molecule has 1 N–H and O–H groups in total. The number of carbonyl (C=O) groups is 2. The minimum Gasteiger partial charge on any atom is -0.457 e. The molecule has 2 atom stereocenters. The summed E-state index contributed by atoms with van der Waals surface area (Å²) in [7, 11) is 0. The van der Waals surface area contributed by atoms with E-state index in [1.807, 2.05) is 26.0 Å². The van der Waals surface area contributed by atoms with Crippen molar-refractivity contribution in [2.24, 2.45) is 0 Å². The van der Waals surface area contributed by atoms with Crippen molar-refractivity contribution in [3.05, 3.63) is 58.7 Å². The van der Waals surface area contributed by atoms with Crippen LogP contribution in [0.2, 0.25) is 0 Å². The number of aryl methyl sites for hydroxylation is 1. The zero-order valence-corrected chi connectivity index (χ0v) is 17.2. The Hall–Kier alpha value is -2.48. The Labute approximate surface area is 176 Å². The van der Waals surface area contributed by atoms with Crippen LogP contribution in [0.1, 0.15) is 54.4 Å². The molecule has 0 radical (unpaired) electrons. The summed E-state index contributed by atoms with van der Waals surface area (Å²) in [6.45, 7) is 3.64. The summed E-state index contributed by atoms with van der Waals surface area (Å²) in [5.74, 6) is 0.494. The summed E-state index contributed by atoms with van der Waals surface area (Å²) < 4.78 is 45.2. The summed E-state index contributed by atoms with van der Waals surface area (Å²) in [6.07, 6.45) is -2.90. The average molecular weight is 435 g/mol. The molecule has 1 aliphatic heterocycles. The van der Waals surface area contributed by atoms with Gasteiger partial charge in [-0.05, 0) is 65.8 Å². The van der Waals surface area contributed by atoms with Crippen LogP contribution in [0, 0.1) is 0 Å². The second kappa shape index (κ2) is 7.65. The van der Waals surface area contributed by atoms with Crippen molar-refractivity contribution in [1.29, 1.82) is 0 Å². The van der Waals surface area contributed by atoms with Crippen molar-refractivity contribution < 1.29 is 27.5 Å². The first-order valence-corrected chi connectivity index (χ1v) is 10.5. The molecule has 0 saturated carbocycles. The van der Waals surface area contributed by atoms with Crippen LogP contribution in [-0.4, -0.2) is 16.4 Å². The molecule has 4 nitrogen and oxygen atoms in total. The van der Waals surface area contributed by atoms with Crippen molar-refractivity contribution in [3.8, 4) is 11.5 Å². The molecule has 2 aliphatic rings. The van der Waals surface area contributed by atoms with Gasteiger partial charge in [-0.25, -0.2) is 0 Å². The second-order valence-corrected chi connectivity index (χ2v) is 8.94. The molecular weight excluding hydrogens is 415 g/mol. The number of rotatable bonds is 4. The van der Waals surface area contributed by atoms with Crippen molar-refractivity contribution in [1.82, 2.24) is 5.32 Å². The first-order valence-electron chi connectivity index (χ1n) is 9.67. The lowest BCUT2D eigenvalue weighted by molar-refractivity contribution is -0.137. The monoisotopic (exact) mass is 435 g/mol. The van der Waals surface area contributed by atoms with Crippen LogP contribution in [-0.2, 0) is 17.4 Å². The van der Waals surface area contributed by atoms with Crippen molar-refractivity contribution >= 4 is 22.9 Å². The van der Waals surface area contributed by atoms with E-state index in [0.717, 1.165) is 47.9 Å². The van der Waals surface area contributed by atoms with Gasteiger partial charge in [0, 0.05) is 5.92 Å².